The minimum absolute atomic E-state index is 0.0513. The van der Waals surface area contributed by atoms with Gasteiger partial charge in [0, 0.05) is 7.05 Å². The molecule has 4 nitrogen and oxygen atoms in total. The predicted octanol–water partition coefficient (Wildman–Crippen LogP) is 0.321. The molecule has 74 valence electrons. The molecule has 0 spiro atoms. The van der Waals surface area contributed by atoms with Gasteiger partial charge in [-0.3, -0.25) is 0 Å². The van der Waals surface area contributed by atoms with Crippen LogP contribution in [0.4, 0.5) is 4.79 Å². The largest absolute Gasteiger partial charge is 0.498 e. The Hall–Kier alpha value is -1.03. The maximum Gasteiger partial charge on any atom is 0.263 e. The molecule has 0 aliphatic carbocycles. The highest BCUT2D eigenvalue weighted by Crippen LogP contribution is 2.17. The number of quaternary nitrogens is 1. The van der Waals surface area contributed by atoms with Crippen molar-refractivity contribution in [2.75, 3.05) is 20.3 Å². The summed E-state index contributed by atoms with van der Waals surface area (Å²) in [5.41, 5.74) is 0. The summed E-state index contributed by atoms with van der Waals surface area (Å²) in [4.78, 5) is 12.8. The number of hydrogen-bond acceptors (Lipinski definition) is 3. The molecule has 1 heterocycles. The third-order valence-electron chi connectivity index (χ3n) is 2.36. The van der Waals surface area contributed by atoms with Crippen molar-refractivity contribution in [3.05, 3.63) is 12.4 Å². The van der Waals surface area contributed by atoms with Gasteiger partial charge in [0.2, 0.25) is 0 Å². The lowest BCUT2D eigenvalue weighted by Gasteiger charge is -2.31. The Morgan fingerprint density at radius 1 is 1.69 bits per heavy atom. The number of carbonyl (C=O) groups is 1. The highest BCUT2D eigenvalue weighted by Gasteiger charge is 2.32. The standard InChI is InChI=1S/C9H16N2O2/c1-3-4-6-11(9(12)13)7-5-10(2)8-11/h5,7H,3-4,6,8H2,1-2H3. The molecule has 4 heteroatoms. The van der Waals surface area contributed by atoms with Crippen LogP contribution in [0.2, 0.25) is 0 Å². The number of amides is 1. The highest BCUT2D eigenvalue weighted by molar-refractivity contribution is 5.55. The van der Waals surface area contributed by atoms with Crippen molar-refractivity contribution in [1.29, 1.82) is 0 Å². The van der Waals surface area contributed by atoms with Gasteiger partial charge < -0.3 is 14.8 Å². The molecule has 0 aromatic rings. The summed E-state index contributed by atoms with van der Waals surface area (Å²) in [5.74, 6) is 0. The van der Waals surface area contributed by atoms with Crippen molar-refractivity contribution in [3.63, 3.8) is 0 Å². The molecule has 0 N–H and O–H groups in total. The summed E-state index contributed by atoms with van der Waals surface area (Å²) in [6.45, 7) is 3.16. The molecule has 1 atom stereocenters. The van der Waals surface area contributed by atoms with Crippen LogP contribution in [0.5, 0.6) is 0 Å². The Morgan fingerprint density at radius 3 is 2.77 bits per heavy atom. The van der Waals surface area contributed by atoms with Crippen LogP contribution in [0.15, 0.2) is 12.4 Å². The second kappa shape index (κ2) is 3.79. The van der Waals surface area contributed by atoms with Crippen molar-refractivity contribution in [2.24, 2.45) is 0 Å². The van der Waals surface area contributed by atoms with Gasteiger partial charge >= 0.3 is 0 Å². The van der Waals surface area contributed by atoms with Gasteiger partial charge in [-0.2, -0.15) is 0 Å². The second-order valence-corrected chi connectivity index (χ2v) is 3.57. The van der Waals surface area contributed by atoms with E-state index in [1.54, 1.807) is 12.4 Å². The molecule has 1 unspecified atom stereocenters. The summed E-state index contributed by atoms with van der Waals surface area (Å²) in [7, 11) is 1.87. The predicted molar refractivity (Wildman–Crippen MR) is 47.2 cm³/mol. The van der Waals surface area contributed by atoms with Crippen molar-refractivity contribution in [1.82, 2.24) is 4.90 Å². The van der Waals surface area contributed by atoms with E-state index in [1.807, 2.05) is 11.9 Å². The molecule has 0 fully saturated rings. The van der Waals surface area contributed by atoms with E-state index in [0.29, 0.717) is 13.2 Å². The third-order valence-corrected chi connectivity index (χ3v) is 2.36. The quantitative estimate of drug-likeness (QED) is 0.593. The average Bonchev–Trinajstić information content (AvgIpc) is 2.45. The first-order valence-corrected chi connectivity index (χ1v) is 4.58. The lowest BCUT2D eigenvalue weighted by atomic mass is 10.3. The Labute approximate surface area is 78.6 Å². The highest BCUT2D eigenvalue weighted by atomic mass is 16.4. The van der Waals surface area contributed by atoms with Crippen molar-refractivity contribution in [2.45, 2.75) is 19.8 Å². The molecule has 1 amide bonds. The van der Waals surface area contributed by atoms with Crippen LogP contribution < -0.4 is 5.11 Å². The third kappa shape index (κ3) is 2.01. The van der Waals surface area contributed by atoms with Gasteiger partial charge in [-0.25, -0.2) is 4.48 Å². The van der Waals surface area contributed by atoms with Gasteiger partial charge in [-0.1, -0.05) is 13.3 Å². The van der Waals surface area contributed by atoms with Gasteiger partial charge in [-0.05, 0) is 6.42 Å². The van der Waals surface area contributed by atoms with E-state index >= 15 is 0 Å². The lowest BCUT2D eigenvalue weighted by molar-refractivity contribution is -0.829. The molecule has 1 aliphatic heterocycles. The SMILES string of the molecule is CCCC[N+]1(C(=O)[O-])C=CN(C)C1. The first-order chi connectivity index (χ1) is 6.10. The first kappa shape index (κ1) is 10.1. The van der Waals surface area contributed by atoms with E-state index in [4.69, 9.17) is 0 Å². The van der Waals surface area contributed by atoms with Gasteiger partial charge in [0.05, 0.1) is 12.7 Å². The summed E-state index contributed by atoms with van der Waals surface area (Å²) < 4.78 is -0.0513. The zero-order chi connectivity index (χ0) is 9.90. The van der Waals surface area contributed by atoms with Crippen LogP contribution in [0, 0.1) is 0 Å². The number of unbranched alkanes of at least 4 members (excludes halogenated alkanes) is 1. The number of nitrogens with zero attached hydrogens (tertiary/aromatic N) is 2. The molecule has 0 bridgehead atoms. The molecule has 1 aliphatic rings. The molecule has 13 heavy (non-hydrogen) atoms. The Balaban J connectivity index is 2.67. The monoisotopic (exact) mass is 184 g/mol. The summed E-state index contributed by atoms with van der Waals surface area (Å²) >= 11 is 0. The van der Waals surface area contributed by atoms with Crippen LogP contribution in [0.1, 0.15) is 19.8 Å². The van der Waals surface area contributed by atoms with Crippen LogP contribution >= 0.6 is 0 Å². The summed E-state index contributed by atoms with van der Waals surface area (Å²) in [6, 6.07) is 0. The van der Waals surface area contributed by atoms with E-state index < -0.39 is 6.09 Å². The smallest absolute Gasteiger partial charge is 0.263 e. The van der Waals surface area contributed by atoms with E-state index in [9.17, 15) is 9.90 Å². The molecule has 0 aromatic carbocycles. The average molecular weight is 184 g/mol. The molecule has 0 saturated carbocycles. The number of carboxylic acid groups (broad SMARTS) is 1. The van der Waals surface area contributed by atoms with Crippen LogP contribution in [-0.4, -0.2) is 35.7 Å². The number of carbonyl (C=O) groups excluding carboxylic acids is 1. The van der Waals surface area contributed by atoms with Crippen LogP contribution in [0.25, 0.3) is 0 Å². The van der Waals surface area contributed by atoms with Crippen molar-refractivity contribution in [3.8, 4) is 0 Å². The fourth-order valence-corrected chi connectivity index (χ4v) is 1.53. The molecule has 1 rings (SSSR count). The van der Waals surface area contributed by atoms with Crippen LogP contribution in [0.3, 0.4) is 0 Å². The number of rotatable bonds is 3. The molecule has 0 aromatic heterocycles. The van der Waals surface area contributed by atoms with Gasteiger partial charge in [-0.15, -0.1) is 0 Å². The Kier molecular flexibility index (Phi) is 2.93. The Bertz CT molecular complexity index is 228. The minimum atomic E-state index is -1.01. The van der Waals surface area contributed by atoms with Crippen molar-refractivity contribution < 1.29 is 14.4 Å². The zero-order valence-corrected chi connectivity index (χ0v) is 8.19. The topological polar surface area (TPSA) is 43.4 Å². The van der Waals surface area contributed by atoms with E-state index in [2.05, 4.69) is 6.92 Å². The van der Waals surface area contributed by atoms with Gasteiger partial charge in [0.1, 0.15) is 6.20 Å². The van der Waals surface area contributed by atoms with E-state index in [-0.39, 0.29) is 4.48 Å². The fourth-order valence-electron chi connectivity index (χ4n) is 1.53. The normalized spacial score (nSPS) is 26.8. The molecule has 0 saturated heterocycles. The second-order valence-electron chi connectivity index (χ2n) is 3.57. The first-order valence-electron chi connectivity index (χ1n) is 4.58. The lowest BCUT2D eigenvalue weighted by Crippen LogP contribution is -2.56. The van der Waals surface area contributed by atoms with Crippen LogP contribution in [-0.2, 0) is 0 Å². The molecular weight excluding hydrogens is 168 g/mol. The fraction of sp³-hybridized carbons (Fsp3) is 0.667. The number of hydrogen-bond donors (Lipinski definition) is 0. The van der Waals surface area contributed by atoms with Gasteiger partial charge in [0.15, 0.2) is 6.67 Å². The van der Waals surface area contributed by atoms with Gasteiger partial charge in [0.25, 0.3) is 6.09 Å². The Morgan fingerprint density at radius 2 is 2.38 bits per heavy atom. The van der Waals surface area contributed by atoms with E-state index in [0.717, 1.165) is 12.8 Å². The van der Waals surface area contributed by atoms with E-state index in [1.165, 1.54) is 0 Å². The summed E-state index contributed by atoms with van der Waals surface area (Å²) in [6.07, 6.45) is 4.40. The van der Waals surface area contributed by atoms with Crippen molar-refractivity contribution >= 4 is 6.09 Å². The zero-order valence-electron chi connectivity index (χ0n) is 8.19. The maximum atomic E-state index is 11.0. The minimum Gasteiger partial charge on any atom is -0.498 e. The molecule has 0 radical (unpaired) electrons. The maximum absolute atomic E-state index is 11.0. The molecular formula is C9H16N2O2. The summed E-state index contributed by atoms with van der Waals surface area (Å²) in [5, 5.41) is 11.0.